The van der Waals surface area contributed by atoms with Crippen LogP contribution in [0.4, 0.5) is 11.4 Å². The summed E-state index contributed by atoms with van der Waals surface area (Å²) in [6.07, 6.45) is 1.40. The van der Waals surface area contributed by atoms with E-state index >= 15 is 0 Å². The Morgan fingerprint density at radius 1 is 1.00 bits per heavy atom. The molecular formula is C32H33N3O4S. The van der Waals surface area contributed by atoms with E-state index in [2.05, 4.69) is 10.6 Å². The number of carbonyl (C=O) groups excluding carboxylic acids is 3. The fraction of sp³-hybridized carbons (Fsp3) is 0.344. The number of aliphatic hydroxyl groups is 1. The van der Waals surface area contributed by atoms with Gasteiger partial charge < -0.3 is 20.6 Å². The molecule has 3 aliphatic rings. The maximum absolute atomic E-state index is 14.4. The molecule has 2 unspecified atom stereocenters. The molecule has 40 heavy (non-hydrogen) atoms. The van der Waals surface area contributed by atoms with Crippen molar-refractivity contribution in [2.45, 2.75) is 48.8 Å². The smallest absolute Gasteiger partial charge is 0.248 e. The summed E-state index contributed by atoms with van der Waals surface area (Å²) in [4.78, 5) is 44.0. The molecule has 1 spiro atoms. The van der Waals surface area contributed by atoms with Crippen LogP contribution < -0.4 is 10.6 Å². The van der Waals surface area contributed by atoms with E-state index in [-0.39, 0.29) is 29.6 Å². The molecule has 6 atom stereocenters. The summed E-state index contributed by atoms with van der Waals surface area (Å²) < 4.78 is -0.759. The van der Waals surface area contributed by atoms with Gasteiger partial charge in [-0.05, 0) is 61.6 Å². The van der Waals surface area contributed by atoms with E-state index in [4.69, 9.17) is 0 Å². The summed E-state index contributed by atoms with van der Waals surface area (Å²) in [6, 6.07) is 22.9. The van der Waals surface area contributed by atoms with Crippen LogP contribution in [0.1, 0.15) is 35.6 Å². The quantitative estimate of drug-likeness (QED) is 0.392. The highest BCUT2D eigenvalue weighted by Gasteiger charge is 2.74. The van der Waals surface area contributed by atoms with Crippen molar-refractivity contribution in [2.24, 2.45) is 11.8 Å². The Morgan fingerprint density at radius 2 is 1.70 bits per heavy atom. The SMILES string of the molecule is Cc1ccc(C)c(NC(=O)C2N([C@H](CO)c3ccccc3)C(=O)[C@@H]3[C@H](C(=O)Nc4ccccc4)[C@@H]4CCC23S4)c1. The number of likely N-dealkylation sites (tertiary alicyclic amines) is 1. The van der Waals surface area contributed by atoms with Crippen molar-refractivity contribution < 1.29 is 19.5 Å². The van der Waals surface area contributed by atoms with Crippen LogP contribution in [0.15, 0.2) is 78.9 Å². The van der Waals surface area contributed by atoms with Crippen LogP contribution in [0, 0.1) is 25.7 Å². The Labute approximate surface area is 238 Å². The van der Waals surface area contributed by atoms with Crippen LogP contribution in [0.5, 0.6) is 0 Å². The average Bonchev–Trinajstić information content (AvgIpc) is 3.60. The minimum absolute atomic E-state index is 0.0554. The lowest BCUT2D eigenvalue weighted by molar-refractivity contribution is -0.141. The van der Waals surface area contributed by atoms with Crippen molar-refractivity contribution in [1.29, 1.82) is 0 Å². The molecule has 6 rings (SSSR count). The molecule has 3 amide bonds. The van der Waals surface area contributed by atoms with Crippen molar-refractivity contribution in [2.75, 3.05) is 17.2 Å². The first kappa shape index (κ1) is 26.6. The number of para-hydroxylation sites is 1. The normalized spacial score (nSPS) is 27.4. The fourth-order valence-corrected chi connectivity index (χ4v) is 9.08. The Bertz CT molecular complexity index is 1450. The first-order valence-corrected chi connectivity index (χ1v) is 14.6. The van der Waals surface area contributed by atoms with Gasteiger partial charge in [-0.1, -0.05) is 60.7 Å². The molecule has 206 valence electrons. The zero-order chi connectivity index (χ0) is 28.0. The molecule has 3 saturated heterocycles. The van der Waals surface area contributed by atoms with Crippen molar-refractivity contribution in [3.05, 3.63) is 95.6 Å². The fourth-order valence-electron chi connectivity index (χ4n) is 6.87. The van der Waals surface area contributed by atoms with Crippen molar-refractivity contribution in [3.8, 4) is 0 Å². The molecular weight excluding hydrogens is 522 g/mol. The van der Waals surface area contributed by atoms with E-state index in [1.807, 2.05) is 92.7 Å². The molecule has 0 aromatic heterocycles. The van der Waals surface area contributed by atoms with Gasteiger partial charge in [-0.2, -0.15) is 0 Å². The Hall–Kier alpha value is -3.62. The van der Waals surface area contributed by atoms with Crippen LogP contribution in [0.25, 0.3) is 0 Å². The second-order valence-corrected chi connectivity index (χ2v) is 12.7. The predicted octanol–water partition coefficient (Wildman–Crippen LogP) is 4.71. The molecule has 3 aromatic carbocycles. The number of aryl methyl sites for hydroxylation is 2. The molecule has 7 nitrogen and oxygen atoms in total. The lowest BCUT2D eigenvalue weighted by Gasteiger charge is -2.37. The monoisotopic (exact) mass is 555 g/mol. The molecule has 3 aromatic rings. The van der Waals surface area contributed by atoms with Gasteiger partial charge in [0.25, 0.3) is 0 Å². The van der Waals surface area contributed by atoms with E-state index in [1.165, 1.54) is 0 Å². The maximum Gasteiger partial charge on any atom is 0.248 e. The Balaban J connectivity index is 1.41. The molecule has 0 aliphatic carbocycles. The Morgan fingerprint density at radius 3 is 2.40 bits per heavy atom. The van der Waals surface area contributed by atoms with E-state index in [0.29, 0.717) is 17.8 Å². The van der Waals surface area contributed by atoms with Gasteiger partial charge in [0.15, 0.2) is 0 Å². The molecule has 8 heteroatoms. The van der Waals surface area contributed by atoms with Crippen molar-refractivity contribution >= 4 is 40.9 Å². The number of aliphatic hydroxyl groups excluding tert-OH is 1. The second-order valence-electron chi connectivity index (χ2n) is 11.1. The standard InChI is InChI=1S/C32H33N3O4S/c1-19-13-14-20(2)23(17-19)34-30(38)28-32-16-15-25(40-32)26(29(37)33-22-11-7-4-8-12-22)27(32)31(39)35(28)24(18-36)21-9-5-3-6-10-21/h3-14,17,24-28,36H,15-16,18H2,1-2H3,(H,33,37)(H,34,38)/t24-,25+,26-,27+,28?,32?/m1/s1. The van der Waals surface area contributed by atoms with Crippen LogP contribution in [-0.4, -0.2) is 50.4 Å². The lowest BCUT2D eigenvalue weighted by atomic mass is 9.70. The van der Waals surface area contributed by atoms with E-state index < -0.39 is 28.7 Å². The van der Waals surface area contributed by atoms with Crippen LogP contribution >= 0.6 is 11.8 Å². The zero-order valence-electron chi connectivity index (χ0n) is 22.5. The third-order valence-corrected chi connectivity index (χ3v) is 10.6. The molecule has 3 N–H and O–H groups in total. The second kappa shape index (κ2) is 10.4. The number of nitrogens with one attached hydrogen (secondary N) is 2. The number of nitrogens with zero attached hydrogens (tertiary/aromatic N) is 1. The van der Waals surface area contributed by atoms with Gasteiger partial charge in [0.2, 0.25) is 17.7 Å². The highest BCUT2D eigenvalue weighted by molar-refractivity contribution is 8.02. The number of thioether (sulfide) groups is 1. The predicted molar refractivity (Wildman–Crippen MR) is 157 cm³/mol. The van der Waals surface area contributed by atoms with Gasteiger partial charge in [-0.15, -0.1) is 11.8 Å². The first-order chi connectivity index (χ1) is 19.3. The number of rotatable bonds is 7. The minimum Gasteiger partial charge on any atom is -0.394 e. The van der Waals surface area contributed by atoms with Gasteiger partial charge >= 0.3 is 0 Å². The van der Waals surface area contributed by atoms with Crippen molar-refractivity contribution in [1.82, 2.24) is 4.90 Å². The number of fused-ring (bicyclic) bond motifs is 1. The third kappa shape index (κ3) is 4.30. The number of anilines is 2. The average molecular weight is 556 g/mol. The van der Waals surface area contributed by atoms with Gasteiger partial charge in [-0.25, -0.2) is 0 Å². The minimum atomic E-state index is -0.841. The molecule has 0 radical (unpaired) electrons. The number of hydrogen-bond acceptors (Lipinski definition) is 5. The molecule has 3 aliphatic heterocycles. The van der Waals surface area contributed by atoms with Crippen LogP contribution in [0.2, 0.25) is 0 Å². The zero-order valence-corrected chi connectivity index (χ0v) is 23.4. The highest BCUT2D eigenvalue weighted by atomic mass is 32.2. The summed E-state index contributed by atoms with van der Waals surface area (Å²) in [5.41, 5.74) is 4.08. The van der Waals surface area contributed by atoms with E-state index in [9.17, 15) is 19.5 Å². The molecule has 2 bridgehead atoms. The van der Waals surface area contributed by atoms with Gasteiger partial charge in [-0.3, -0.25) is 14.4 Å². The van der Waals surface area contributed by atoms with Gasteiger partial charge in [0.1, 0.15) is 6.04 Å². The molecule has 3 fully saturated rings. The van der Waals surface area contributed by atoms with Crippen LogP contribution in [-0.2, 0) is 14.4 Å². The number of amides is 3. The third-order valence-electron chi connectivity index (χ3n) is 8.67. The summed E-state index contributed by atoms with van der Waals surface area (Å²) in [5, 5.41) is 16.7. The van der Waals surface area contributed by atoms with E-state index in [0.717, 1.165) is 23.1 Å². The van der Waals surface area contributed by atoms with E-state index in [1.54, 1.807) is 16.7 Å². The summed E-state index contributed by atoms with van der Waals surface area (Å²) in [5.74, 6) is -1.95. The number of hydrogen-bond donors (Lipinski definition) is 3. The highest BCUT2D eigenvalue weighted by Crippen LogP contribution is 2.67. The largest absolute Gasteiger partial charge is 0.394 e. The summed E-state index contributed by atoms with van der Waals surface area (Å²) in [7, 11) is 0. The lowest BCUT2D eigenvalue weighted by Crippen LogP contribution is -2.52. The Kier molecular flexibility index (Phi) is 6.92. The maximum atomic E-state index is 14.4. The molecule has 0 saturated carbocycles. The summed E-state index contributed by atoms with van der Waals surface area (Å²) >= 11 is 1.62. The van der Waals surface area contributed by atoms with Gasteiger partial charge in [0, 0.05) is 16.6 Å². The van der Waals surface area contributed by atoms with Crippen molar-refractivity contribution in [3.63, 3.8) is 0 Å². The number of carbonyl (C=O) groups is 3. The van der Waals surface area contributed by atoms with Crippen LogP contribution in [0.3, 0.4) is 0 Å². The first-order valence-electron chi connectivity index (χ1n) is 13.7. The topological polar surface area (TPSA) is 98.7 Å². The summed E-state index contributed by atoms with van der Waals surface area (Å²) in [6.45, 7) is 3.57. The number of benzene rings is 3. The van der Waals surface area contributed by atoms with Gasteiger partial charge in [0.05, 0.1) is 29.2 Å². The molecule has 3 heterocycles.